The lowest BCUT2D eigenvalue weighted by molar-refractivity contribution is -0.384. The minimum Gasteiger partial charge on any atom is -0.360 e. The van der Waals surface area contributed by atoms with E-state index >= 15 is 0 Å². The zero-order chi connectivity index (χ0) is 18.8. The summed E-state index contributed by atoms with van der Waals surface area (Å²) in [4.78, 5) is 17.6. The van der Waals surface area contributed by atoms with E-state index in [0.29, 0.717) is 23.8 Å². The lowest BCUT2D eigenvalue weighted by Crippen LogP contribution is -2.31. The number of nitro groups is 1. The average molecular weight is 383 g/mol. The van der Waals surface area contributed by atoms with Crippen molar-refractivity contribution in [2.24, 2.45) is 0 Å². The van der Waals surface area contributed by atoms with Gasteiger partial charge in [0.05, 0.1) is 23.5 Å². The molecule has 0 radical (unpaired) electrons. The van der Waals surface area contributed by atoms with Gasteiger partial charge in [-0.3, -0.25) is 10.1 Å². The summed E-state index contributed by atoms with van der Waals surface area (Å²) >= 11 is 5.93. The number of anilines is 1. The minimum atomic E-state index is -0.380. The molecule has 0 spiro atoms. The molecule has 0 aliphatic carbocycles. The van der Waals surface area contributed by atoms with Crippen LogP contribution < -0.4 is 4.90 Å². The van der Waals surface area contributed by atoms with Gasteiger partial charge in [-0.25, -0.2) is 4.98 Å². The van der Waals surface area contributed by atoms with Crippen molar-refractivity contribution >= 4 is 23.0 Å². The number of hydrogen-bond acceptors (Lipinski definition) is 4. The Balaban J connectivity index is 1.52. The van der Waals surface area contributed by atoms with Crippen molar-refractivity contribution in [3.05, 3.63) is 86.9 Å². The summed E-state index contributed by atoms with van der Waals surface area (Å²) in [5, 5.41) is 11.8. The molecule has 0 bridgehead atoms. The molecule has 7 heteroatoms. The van der Waals surface area contributed by atoms with Crippen molar-refractivity contribution in [1.82, 2.24) is 9.55 Å². The summed E-state index contributed by atoms with van der Waals surface area (Å²) in [7, 11) is 0. The maximum atomic E-state index is 11.4. The summed E-state index contributed by atoms with van der Waals surface area (Å²) in [6.45, 7) is 2.16. The Hall–Kier alpha value is -2.86. The van der Waals surface area contributed by atoms with Crippen molar-refractivity contribution in [3.8, 4) is 0 Å². The fourth-order valence-corrected chi connectivity index (χ4v) is 3.74. The van der Waals surface area contributed by atoms with Crippen LogP contribution >= 0.6 is 11.6 Å². The second kappa shape index (κ2) is 7.40. The fourth-order valence-electron chi connectivity index (χ4n) is 3.57. The van der Waals surface area contributed by atoms with Crippen LogP contribution in [-0.2, 0) is 25.9 Å². The first kappa shape index (κ1) is 17.5. The van der Waals surface area contributed by atoms with Crippen LogP contribution in [0.5, 0.6) is 0 Å². The smallest absolute Gasteiger partial charge is 0.294 e. The van der Waals surface area contributed by atoms with Gasteiger partial charge < -0.3 is 9.47 Å². The highest BCUT2D eigenvalue weighted by atomic mass is 35.5. The van der Waals surface area contributed by atoms with Crippen molar-refractivity contribution in [1.29, 1.82) is 0 Å². The zero-order valence-corrected chi connectivity index (χ0v) is 15.5. The van der Waals surface area contributed by atoms with Crippen LogP contribution in [0, 0.1) is 10.1 Å². The predicted molar refractivity (Wildman–Crippen MR) is 105 cm³/mol. The third-order valence-corrected chi connectivity index (χ3v) is 5.19. The molecule has 2 aromatic carbocycles. The van der Waals surface area contributed by atoms with Gasteiger partial charge in [-0.2, -0.15) is 0 Å². The molecule has 0 saturated heterocycles. The first-order valence-electron chi connectivity index (χ1n) is 8.87. The lowest BCUT2D eigenvalue weighted by Gasteiger charge is -2.28. The fraction of sp³-hybridized carbons (Fsp3) is 0.250. The Morgan fingerprint density at radius 2 is 2.00 bits per heavy atom. The van der Waals surface area contributed by atoms with Crippen molar-refractivity contribution in [2.75, 3.05) is 11.4 Å². The highest BCUT2D eigenvalue weighted by Gasteiger charge is 2.26. The second-order valence-corrected chi connectivity index (χ2v) is 7.07. The third kappa shape index (κ3) is 3.66. The van der Waals surface area contributed by atoms with Crippen LogP contribution in [0.25, 0.3) is 0 Å². The van der Waals surface area contributed by atoms with Gasteiger partial charge in [0.25, 0.3) is 5.69 Å². The third-order valence-electron chi connectivity index (χ3n) is 4.95. The normalized spacial score (nSPS) is 13.4. The monoisotopic (exact) mass is 382 g/mol. The molecule has 0 unspecified atom stereocenters. The zero-order valence-electron chi connectivity index (χ0n) is 14.7. The highest BCUT2D eigenvalue weighted by Crippen LogP contribution is 2.33. The topological polar surface area (TPSA) is 64.2 Å². The molecule has 0 fully saturated rings. The molecule has 2 heterocycles. The maximum absolute atomic E-state index is 11.4. The Bertz CT molecular complexity index is 971. The summed E-state index contributed by atoms with van der Waals surface area (Å²) in [6.07, 6.45) is 3.65. The van der Waals surface area contributed by atoms with Gasteiger partial charge in [-0.1, -0.05) is 41.9 Å². The SMILES string of the molecule is O=[N+]([O-])c1cc(Cl)ccc1N1CCc2c(ncn2CCc2ccccc2)C1. The molecule has 6 nitrogen and oxygen atoms in total. The quantitative estimate of drug-likeness (QED) is 0.488. The molecule has 4 rings (SSSR count). The lowest BCUT2D eigenvalue weighted by atomic mass is 10.1. The molecular formula is C20H19ClN4O2. The highest BCUT2D eigenvalue weighted by molar-refractivity contribution is 6.30. The molecule has 3 aromatic rings. The number of aromatic nitrogens is 2. The van der Waals surface area contributed by atoms with E-state index in [4.69, 9.17) is 11.6 Å². The average Bonchev–Trinajstić information content (AvgIpc) is 3.09. The van der Waals surface area contributed by atoms with E-state index in [2.05, 4.69) is 33.8 Å². The van der Waals surface area contributed by atoms with E-state index in [9.17, 15) is 10.1 Å². The molecule has 0 amide bonds. The largest absolute Gasteiger partial charge is 0.360 e. The maximum Gasteiger partial charge on any atom is 0.294 e. The van der Waals surface area contributed by atoms with Gasteiger partial charge in [0.1, 0.15) is 5.69 Å². The van der Waals surface area contributed by atoms with E-state index in [1.165, 1.54) is 17.3 Å². The molecule has 27 heavy (non-hydrogen) atoms. The molecule has 0 N–H and O–H groups in total. The molecule has 1 aromatic heterocycles. The van der Waals surface area contributed by atoms with Gasteiger partial charge in [0, 0.05) is 36.3 Å². The number of nitrogens with zero attached hydrogens (tertiary/aromatic N) is 4. The number of nitro benzene ring substituents is 1. The molecule has 1 aliphatic rings. The van der Waals surface area contributed by atoms with Crippen molar-refractivity contribution in [2.45, 2.75) is 25.9 Å². The van der Waals surface area contributed by atoms with Crippen LogP contribution in [0.2, 0.25) is 5.02 Å². The van der Waals surface area contributed by atoms with Gasteiger partial charge in [-0.05, 0) is 24.1 Å². The number of benzene rings is 2. The Morgan fingerprint density at radius 1 is 1.19 bits per heavy atom. The predicted octanol–water partition coefficient (Wildman–Crippen LogP) is 4.25. The van der Waals surface area contributed by atoms with Crippen LogP contribution in [-0.4, -0.2) is 21.0 Å². The van der Waals surface area contributed by atoms with Crippen LogP contribution in [0.1, 0.15) is 17.0 Å². The molecule has 1 aliphatic heterocycles. The van der Waals surface area contributed by atoms with Gasteiger partial charge in [-0.15, -0.1) is 0 Å². The van der Waals surface area contributed by atoms with E-state index in [-0.39, 0.29) is 10.6 Å². The van der Waals surface area contributed by atoms with E-state index in [1.807, 2.05) is 17.3 Å². The van der Waals surface area contributed by atoms with Gasteiger partial charge in [0.15, 0.2) is 0 Å². The van der Waals surface area contributed by atoms with Crippen molar-refractivity contribution in [3.63, 3.8) is 0 Å². The first-order valence-corrected chi connectivity index (χ1v) is 9.25. The molecule has 0 saturated carbocycles. The summed E-state index contributed by atoms with van der Waals surface area (Å²) in [5.74, 6) is 0. The Kier molecular flexibility index (Phi) is 4.81. The standard InChI is InChI=1S/C20H19ClN4O2/c21-16-6-7-19(20(12-16)25(26)27)23-11-9-18-17(13-23)22-14-24(18)10-8-15-4-2-1-3-5-15/h1-7,12,14H,8-11,13H2. The van der Waals surface area contributed by atoms with Crippen LogP contribution in [0.3, 0.4) is 0 Å². The number of imidazole rings is 1. The van der Waals surface area contributed by atoms with Crippen LogP contribution in [0.15, 0.2) is 54.9 Å². The summed E-state index contributed by atoms with van der Waals surface area (Å²) < 4.78 is 2.20. The first-order chi connectivity index (χ1) is 13.1. The van der Waals surface area contributed by atoms with E-state index in [1.54, 1.807) is 12.1 Å². The van der Waals surface area contributed by atoms with Gasteiger partial charge in [0.2, 0.25) is 0 Å². The number of aryl methyl sites for hydroxylation is 2. The summed E-state index contributed by atoms with van der Waals surface area (Å²) in [6, 6.07) is 15.2. The number of fused-ring (bicyclic) bond motifs is 1. The summed E-state index contributed by atoms with van der Waals surface area (Å²) in [5.41, 5.74) is 4.13. The second-order valence-electron chi connectivity index (χ2n) is 6.63. The number of halogens is 1. The molecule has 0 atom stereocenters. The van der Waals surface area contributed by atoms with E-state index in [0.717, 1.165) is 25.1 Å². The van der Waals surface area contributed by atoms with E-state index < -0.39 is 0 Å². The van der Waals surface area contributed by atoms with Crippen LogP contribution in [0.4, 0.5) is 11.4 Å². The Labute approximate surface area is 162 Å². The Morgan fingerprint density at radius 3 is 2.78 bits per heavy atom. The molecule has 138 valence electrons. The number of rotatable bonds is 5. The number of hydrogen-bond donors (Lipinski definition) is 0. The van der Waals surface area contributed by atoms with Crippen molar-refractivity contribution < 1.29 is 4.92 Å². The minimum absolute atomic E-state index is 0.0365. The molecular weight excluding hydrogens is 364 g/mol. The van der Waals surface area contributed by atoms with Gasteiger partial charge >= 0.3 is 0 Å².